The first-order valence-corrected chi connectivity index (χ1v) is 14.1. The highest BCUT2D eigenvalue weighted by atomic mass is 16.5. The van der Waals surface area contributed by atoms with Crippen LogP contribution in [-0.2, 0) is 14.3 Å². The van der Waals surface area contributed by atoms with Crippen LogP contribution in [-0.4, -0.2) is 79.2 Å². The number of unbranched alkanes of at least 4 members (excludes halogenated alkanes) is 2. The Kier molecular flexibility index (Phi) is 10.4. The Hall–Kier alpha value is -3.36. The molecular formula is C31H40N2O6. The minimum Gasteiger partial charge on any atom is -0.507 e. The van der Waals surface area contributed by atoms with Crippen molar-refractivity contribution in [2.75, 3.05) is 52.6 Å². The standard InChI is InChI=1S/C31H40N2O6/c1-3-5-9-19-39-25-14-13-24(22-26(25)38-4-2)28-27(29(34)23-11-7-6-8-12-23)30(35)31(36)33(28)16-10-15-32-17-20-37-21-18-32/h6-8,11-14,22,28,34H,3-5,9-10,15-21H2,1-2H3. The van der Waals surface area contributed by atoms with E-state index in [0.29, 0.717) is 62.0 Å². The number of carbonyl (C=O) groups excluding carboxylic acids is 2. The molecule has 2 heterocycles. The summed E-state index contributed by atoms with van der Waals surface area (Å²) in [6.07, 6.45) is 3.84. The Balaban J connectivity index is 1.67. The van der Waals surface area contributed by atoms with Crippen LogP contribution in [0, 0.1) is 0 Å². The maximum atomic E-state index is 13.4. The first-order chi connectivity index (χ1) is 19.0. The summed E-state index contributed by atoms with van der Waals surface area (Å²) in [5.41, 5.74) is 1.29. The maximum absolute atomic E-state index is 13.4. The molecule has 8 nitrogen and oxygen atoms in total. The summed E-state index contributed by atoms with van der Waals surface area (Å²) in [6.45, 7) is 9.38. The summed E-state index contributed by atoms with van der Waals surface area (Å²) >= 11 is 0. The average molecular weight is 537 g/mol. The van der Waals surface area contributed by atoms with Crippen molar-refractivity contribution in [3.05, 3.63) is 65.2 Å². The Morgan fingerprint density at radius 3 is 2.44 bits per heavy atom. The molecule has 0 aromatic heterocycles. The van der Waals surface area contributed by atoms with Crippen molar-refractivity contribution in [1.29, 1.82) is 0 Å². The number of Topliss-reactive ketones (excluding diaryl/α,β-unsaturated/α-hetero) is 1. The molecule has 1 N–H and O–H groups in total. The van der Waals surface area contributed by atoms with Crippen molar-refractivity contribution >= 4 is 17.4 Å². The quantitative estimate of drug-likeness (QED) is 0.170. The first-order valence-electron chi connectivity index (χ1n) is 14.1. The van der Waals surface area contributed by atoms with Crippen LogP contribution >= 0.6 is 0 Å². The molecule has 8 heteroatoms. The minimum absolute atomic E-state index is 0.0941. The number of amides is 1. The normalized spacial score (nSPS) is 19.4. The van der Waals surface area contributed by atoms with Crippen LogP contribution < -0.4 is 9.47 Å². The summed E-state index contributed by atoms with van der Waals surface area (Å²) in [7, 11) is 0. The van der Waals surface area contributed by atoms with Gasteiger partial charge in [0.2, 0.25) is 0 Å². The molecule has 1 amide bonds. The fraction of sp³-hybridized carbons (Fsp3) is 0.484. The van der Waals surface area contributed by atoms with E-state index < -0.39 is 17.7 Å². The Morgan fingerprint density at radius 1 is 0.949 bits per heavy atom. The van der Waals surface area contributed by atoms with Crippen LogP contribution in [0.25, 0.3) is 5.76 Å². The molecule has 1 atom stereocenters. The summed E-state index contributed by atoms with van der Waals surface area (Å²) < 4.78 is 17.4. The van der Waals surface area contributed by atoms with Crippen LogP contribution in [0.1, 0.15) is 56.7 Å². The molecule has 2 fully saturated rings. The Bertz CT molecular complexity index is 1140. The third-order valence-corrected chi connectivity index (χ3v) is 7.15. The number of rotatable bonds is 13. The zero-order chi connectivity index (χ0) is 27.6. The van der Waals surface area contributed by atoms with Crippen LogP contribution in [0.3, 0.4) is 0 Å². The molecule has 0 saturated carbocycles. The van der Waals surface area contributed by atoms with Gasteiger partial charge in [-0.2, -0.15) is 0 Å². The van der Waals surface area contributed by atoms with Crippen molar-refractivity contribution in [3.63, 3.8) is 0 Å². The number of aliphatic hydroxyl groups is 1. The zero-order valence-electron chi connectivity index (χ0n) is 23.1. The van der Waals surface area contributed by atoms with Crippen molar-refractivity contribution in [2.45, 2.75) is 45.6 Å². The highest BCUT2D eigenvalue weighted by Crippen LogP contribution is 2.42. The lowest BCUT2D eigenvalue weighted by atomic mass is 9.95. The molecule has 210 valence electrons. The monoisotopic (exact) mass is 536 g/mol. The lowest BCUT2D eigenvalue weighted by Crippen LogP contribution is -2.39. The van der Waals surface area contributed by atoms with Gasteiger partial charge in [0.1, 0.15) is 5.76 Å². The fourth-order valence-electron chi connectivity index (χ4n) is 5.11. The van der Waals surface area contributed by atoms with Crippen LogP contribution in [0.5, 0.6) is 11.5 Å². The molecule has 2 aromatic carbocycles. The van der Waals surface area contributed by atoms with E-state index in [1.807, 2.05) is 31.2 Å². The second-order valence-corrected chi connectivity index (χ2v) is 9.86. The summed E-state index contributed by atoms with van der Waals surface area (Å²) in [5, 5.41) is 11.3. The molecule has 4 rings (SSSR count). The number of aliphatic hydroxyl groups excluding tert-OH is 1. The molecule has 0 spiro atoms. The van der Waals surface area contributed by atoms with Crippen LogP contribution in [0.15, 0.2) is 54.1 Å². The van der Waals surface area contributed by atoms with Crippen molar-refractivity contribution in [3.8, 4) is 11.5 Å². The topological polar surface area (TPSA) is 88.5 Å². The predicted octanol–water partition coefficient (Wildman–Crippen LogP) is 4.80. The number of morpholine rings is 1. The highest BCUT2D eigenvalue weighted by molar-refractivity contribution is 6.46. The smallest absolute Gasteiger partial charge is 0.295 e. The summed E-state index contributed by atoms with van der Waals surface area (Å²) in [5.74, 6) is -0.260. The van der Waals surface area contributed by atoms with Gasteiger partial charge in [0.15, 0.2) is 11.5 Å². The van der Waals surface area contributed by atoms with E-state index in [2.05, 4.69) is 11.8 Å². The van der Waals surface area contributed by atoms with Gasteiger partial charge in [0.05, 0.1) is 38.0 Å². The van der Waals surface area contributed by atoms with Crippen LogP contribution in [0.4, 0.5) is 0 Å². The van der Waals surface area contributed by atoms with E-state index in [1.165, 1.54) is 0 Å². The Morgan fingerprint density at radius 2 is 1.72 bits per heavy atom. The van der Waals surface area contributed by atoms with Gasteiger partial charge < -0.3 is 24.2 Å². The number of ketones is 1. The summed E-state index contributed by atoms with van der Waals surface area (Å²) in [6, 6.07) is 13.7. The van der Waals surface area contributed by atoms with Gasteiger partial charge in [-0.25, -0.2) is 0 Å². The van der Waals surface area contributed by atoms with E-state index in [9.17, 15) is 14.7 Å². The van der Waals surface area contributed by atoms with Gasteiger partial charge in [-0.05, 0) is 37.5 Å². The van der Waals surface area contributed by atoms with E-state index in [1.54, 1.807) is 29.2 Å². The van der Waals surface area contributed by atoms with E-state index in [-0.39, 0.29) is 11.3 Å². The van der Waals surface area contributed by atoms with Gasteiger partial charge in [0.25, 0.3) is 11.7 Å². The zero-order valence-corrected chi connectivity index (χ0v) is 23.1. The maximum Gasteiger partial charge on any atom is 0.295 e. The molecule has 0 radical (unpaired) electrons. The number of nitrogens with zero attached hydrogens (tertiary/aromatic N) is 2. The predicted molar refractivity (Wildman–Crippen MR) is 150 cm³/mol. The highest BCUT2D eigenvalue weighted by Gasteiger charge is 2.46. The van der Waals surface area contributed by atoms with Gasteiger partial charge in [-0.1, -0.05) is 56.2 Å². The van der Waals surface area contributed by atoms with Crippen LogP contribution in [0.2, 0.25) is 0 Å². The largest absolute Gasteiger partial charge is 0.507 e. The SMILES string of the molecule is CCCCCOc1ccc(C2C(=C(O)c3ccccc3)C(=O)C(=O)N2CCCN2CCOCC2)cc1OCC. The first kappa shape index (κ1) is 28.6. The fourth-order valence-corrected chi connectivity index (χ4v) is 5.11. The van der Waals surface area contributed by atoms with E-state index in [0.717, 1.165) is 38.9 Å². The molecule has 2 aliphatic heterocycles. The molecule has 2 saturated heterocycles. The Labute approximate surface area is 231 Å². The minimum atomic E-state index is -0.733. The number of likely N-dealkylation sites (tertiary alicyclic amines) is 1. The molecule has 0 bridgehead atoms. The number of hydrogen-bond donors (Lipinski definition) is 1. The van der Waals surface area contributed by atoms with Crippen molar-refractivity contribution in [1.82, 2.24) is 9.80 Å². The average Bonchev–Trinajstić information content (AvgIpc) is 3.22. The molecule has 0 aliphatic carbocycles. The second-order valence-electron chi connectivity index (χ2n) is 9.86. The molecule has 2 aliphatic rings. The third-order valence-electron chi connectivity index (χ3n) is 7.15. The number of benzene rings is 2. The van der Waals surface area contributed by atoms with E-state index >= 15 is 0 Å². The third kappa shape index (κ3) is 6.99. The second kappa shape index (κ2) is 14.1. The van der Waals surface area contributed by atoms with Crippen molar-refractivity contribution in [2.24, 2.45) is 0 Å². The lowest BCUT2D eigenvalue weighted by molar-refractivity contribution is -0.140. The van der Waals surface area contributed by atoms with Crippen molar-refractivity contribution < 1.29 is 28.9 Å². The van der Waals surface area contributed by atoms with Gasteiger partial charge in [0, 0.05) is 31.7 Å². The van der Waals surface area contributed by atoms with Gasteiger partial charge in [-0.3, -0.25) is 14.5 Å². The number of ether oxygens (including phenoxy) is 3. The number of carbonyl (C=O) groups is 2. The van der Waals surface area contributed by atoms with Gasteiger partial charge in [-0.15, -0.1) is 0 Å². The molecular weight excluding hydrogens is 496 g/mol. The molecule has 39 heavy (non-hydrogen) atoms. The van der Waals surface area contributed by atoms with Gasteiger partial charge >= 0.3 is 0 Å². The summed E-state index contributed by atoms with van der Waals surface area (Å²) in [4.78, 5) is 30.6. The molecule has 1 unspecified atom stereocenters. The number of hydrogen-bond acceptors (Lipinski definition) is 7. The van der Waals surface area contributed by atoms with E-state index in [4.69, 9.17) is 14.2 Å². The lowest BCUT2D eigenvalue weighted by Gasteiger charge is -2.29. The molecule has 2 aromatic rings.